The van der Waals surface area contributed by atoms with Crippen molar-refractivity contribution in [3.8, 4) is 5.75 Å². The van der Waals surface area contributed by atoms with Crippen LogP contribution in [0.15, 0.2) is 12.1 Å². The minimum absolute atomic E-state index is 0.240. The van der Waals surface area contributed by atoms with Crippen molar-refractivity contribution in [3.63, 3.8) is 0 Å². The molecule has 0 unspecified atom stereocenters. The topological polar surface area (TPSA) is 35.2 Å². The monoisotopic (exact) mass is 281 g/mol. The van der Waals surface area contributed by atoms with Crippen LogP contribution in [0.25, 0.3) is 0 Å². The molecule has 2 nitrogen and oxygen atoms in total. The SMILES string of the molecule is COc1cc(Cl)cc(C2(N)CCCCC2)c1C(C)C. The Bertz CT molecular complexity index is 450. The maximum atomic E-state index is 6.70. The zero-order valence-corrected chi connectivity index (χ0v) is 12.9. The number of hydrogen-bond donors (Lipinski definition) is 1. The van der Waals surface area contributed by atoms with E-state index in [2.05, 4.69) is 13.8 Å². The minimum Gasteiger partial charge on any atom is -0.496 e. The summed E-state index contributed by atoms with van der Waals surface area (Å²) in [7, 11) is 1.70. The quantitative estimate of drug-likeness (QED) is 0.879. The molecule has 0 saturated heterocycles. The molecule has 106 valence electrons. The van der Waals surface area contributed by atoms with Crippen molar-refractivity contribution in [2.45, 2.75) is 57.4 Å². The summed E-state index contributed by atoms with van der Waals surface area (Å²) in [6, 6.07) is 3.94. The summed E-state index contributed by atoms with van der Waals surface area (Å²) in [6.07, 6.45) is 5.76. The van der Waals surface area contributed by atoms with Gasteiger partial charge in [-0.25, -0.2) is 0 Å². The molecule has 0 bridgehead atoms. The van der Waals surface area contributed by atoms with Crippen LogP contribution < -0.4 is 10.5 Å². The van der Waals surface area contributed by atoms with E-state index in [-0.39, 0.29) is 5.54 Å². The molecule has 3 heteroatoms. The standard InChI is InChI=1S/C16H24ClNO/c1-11(2)15-13(9-12(17)10-14(15)19-3)16(18)7-5-4-6-8-16/h9-11H,4-8,18H2,1-3H3. The predicted molar refractivity (Wildman–Crippen MR) is 81.0 cm³/mol. The molecule has 0 heterocycles. The molecule has 1 saturated carbocycles. The molecule has 1 aliphatic rings. The van der Waals surface area contributed by atoms with Gasteiger partial charge < -0.3 is 10.5 Å². The summed E-state index contributed by atoms with van der Waals surface area (Å²) in [5, 5.41) is 0.714. The van der Waals surface area contributed by atoms with Crippen LogP contribution in [0.4, 0.5) is 0 Å². The van der Waals surface area contributed by atoms with Gasteiger partial charge in [0.05, 0.1) is 7.11 Å². The van der Waals surface area contributed by atoms with Crippen LogP contribution in [-0.2, 0) is 5.54 Å². The third kappa shape index (κ3) is 2.90. The Balaban J connectivity index is 2.56. The van der Waals surface area contributed by atoms with E-state index in [1.165, 1.54) is 30.4 Å². The Morgan fingerprint density at radius 2 is 1.84 bits per heavy atom. The number of halogens is 1. The molecule has 1 aromatic carbocycles. The lowest BCUT2D eigenvalue weighted by Gasteiger charge is -2.37. The zero-order valence-electron chi connectivity index (χ0n) is 12.1. The average molecular weight is 282 g/mol. The summed E-state index contributed by atoms with van der Waals surface area (Å²) in [5.41, 5.74) is 8.86. The van der Waals surface area contributed by atoms with Gasteiger partial charge in [0.1, 0.15) is 5.75 Å². The number of rotatable bonds is 3. The molecular formula is C16H24ClNO. The third-order valence-corrected chi connectivity index (χ3v) is 4.40. The van der Waals surface area contributed by atoms with Gasteiger partial charge in [0, 0.05) is 16.1 Å². The Labute approximate surface area is 121 Å². The van der Waals surface area contributed by atoms with E-state index in [9.17, 15) is 0 Å². The smallest absolute Gasteiger partial charge is 0.124 e. The number of hydrogen-bond acceptors (Lipinski definition) is 2. The molecule has 1 fully saturated rings. The molecule has 19 heavy (non-hydrogen) atoms. The van der Waals surface area contributed by atoms with Gasteiger partial charge in [-0.2, -0.15) is 0 Å². The van der Waals surface area contributed by atoms with Crippen molar-refractivity contribution in [1.82, 2.24) is 0 Å². The van der Waals surface area contributed by atoms with Gasteiger partial charge in [0.15, 0.2) is 0 Å². The highest BCUT2D eigenvalue weighted by Crippen LogP contribution is 2.43. The summed E-state index contributed by atoms with van der Waals surface area (Å²) in [6.45, 7) is 4.36. The van der Waals surface area contributed by atoms with Crippen molar-refractivity contribution in [2.24, 2.45) is 5.73 Å². The second-order valence-electron chi connectivity index (χ2n) is 5.94. The molecule has 2 rings (SSSR count). The maximum Gasteiger partial charge on any atom is 0.124 e. The number of benzene rings is 1. The van der Waals surface area contributed by atoms with Gasteiger partial charge in [-0.1, -0.05) is 44.7 Å². The molecule has 0 spiro atoms. The van der Waals surface area contributed by atoms with Crippen LogP contribution in [0.3, 0.4) is 0 Å². The van der Waals surface area contributed by atoms with Gasteiger partial charge >= 0.3 is 0 Å². The highest BCUT2D eigenvalue weighted by atomic mass is 35.5. The summed E-state index contributed by atoms with van der Waals surface area (Å²) >= 11 is 6.25. The first-order chi connectivity index (χ1) is 8.98. The highest BCUT2D eigenvalue weighted by molar-refractivity contribution is 6.30. The minimum atomic E-state index is -0.240. The van der Waals surface area contributed by atoms with Crippen LogP contribution in [0.1, 0.15) is 63.0 Å². The molecule has 0 aliphatic heterocycles. The van der Waals surface area contributed by atoms with E-state index >= 15 is 0 Å². The first-order valence-corrected chi connectivity index (χ1v) is 7.52. The van der Waals surface area contributed by atoms with Crippen LogP contribution in [0.5, 0.6) is 5.75 Å². The lowest BCUT2D eigenvalue weighted by atomic mass is 9.74. The Morgan fingerprint density at radius 3 is 2.37 bits per heavy atom. The van der Waals surface area contributed by atoms with Crippen LogP contribution >= 0.6 is 11.6 Å². The van der Waals surface area contributed by atoms with Gasteiger partial charge in [0.25, 0.3) is 0 Å². The Morgan fingerprint density at radius 1 is 1.21 bits per heavy atom. The molecule has 0 amide bonds. The van der Waals surface area contributed by atoms with Crippen molar-refractivity contribution in [1.29, 1.82) is 0 Å². The van der Waals surface area contributed by atoms with E-state index < -0.39 is 0 Å². The van der Waals surface area contributed by atoms with Crippen molar-refractivity contribution >= 4 is 11.6 Å². The van der Waals surface area contributed by atoms with Crippen molar-refractivity contribution < 1.29 is 4.74 Å². The van der Waals surface area contributed by atoms with Gasteiger partial charge in [-0.15, -0.1) is 0 Å². The molecule has 0 aromatic heterocycles. The zero-order chi connectivity index (χ0) is 14.0. The maximum absolute atomic E-state index is 6.70. The lowest BCUT2D eigenvalue weighted by molar-refractivity contribution is 0.297. The summed E-state index contributed by atoms with van der Waals surface area (Å²) in [5.74, 6) is 1.25. The normalized spacial score (nSPS) is 18.6. The molecule has 1 aliphatic carbocycles. The molecular weight excluding hydrogens is 258 g/mol. The van der Waals surface area contributed by atoms with Crippen LogP contribution in [0.2, 0.25) is 5.02 Å². The third-order valence-electron chi connectivity index (χ3n) is 4.19. The fraction of sp³-hybridized carbons (Fsp3) is 0.625. The van der Waals surface area contributed by atoms with Crippen LogP contribution in [0, 0.1) is 0 Å². The second-order valence-corrected chi connectivity index (χ2v) is 6.38. The van der Waals surface area contributed by atoms with E-state index in [0.717, 1.165) is 18.6 Å². The van der Waals surface area contributed by atoms with E-state index in [1.54, 1.807) is 7.11 Å². The molecule has 0 atom stereocenters. The molecule has 0 radical (unpaired) electrons. The van der Waals surface area contributed by atoms with E-state index in [0.29, 0.717) is 10.9 Å². The summed E-state index contributed by atoms with van der Waals surface area (Å²) in [4.78, 5) is 0. The fourth-order valence-electron chi connectivity index (χ4n) is 3.22. The predicted octanol–water partition coefficient (Wildman–Crippen LogP) is 4.59. The van der Waals surface area contributed by atoms with Crippen molar-refractivity contribution in [2.75, 3.05) is 7.11 Å². The highest BCUT2D eigenvalue weighted by Gasteiger charge is 2.33. The average Bonchev–Trinajstić information content (AvgIpc) is 2.38. The molecule has 2 N–H and O–H groups in total. The lowest BCUT2D eigenvalue weighted by Crippen LogP contribution is -2.39. The van der Waals surface area contributed by atoms with Gasteiger partial charge in [-0.3, -0.25) is 0 Å². The Kier molecular flexibility index (Phi) is 4.42. The molecule has 1 aromatic rings. The summed E-state index contributed by atoms with van der Waals surface area (Å²) < 4.78 is 5.52. The number of methoxy groups -OCH3 is 1. The first-order valence-electron chi connectivity index (χ1n) is 7.15. The van der Waals surface area contributed by atoms with Gasteiger partial charge in [-0.05, 0) is 36.5 Å². The first kappa shape index (κ1) is 14.7. The number of nitrogens with two attached hydrogens (primary N) is 1. The number of ether oxygens (including phenoxy) is 1. The van der Waals surface area contributed by atoms with Gasteiger partial charge in [0.2, 0.25) is 0 Å². The fourth-order valence-corrected chi connectivity index (χ4v) is 3.43. The van der Waals surface area contributed by atoms with Crippen molar-refractivity contribution in [3.05, 3.63) is 28.3 Å². The van der Waals surface area contributed by atoms with E-state index in [4.69, 9.17) is 22.1 Å². The Hall–Kier alpha value is -0.730. The largest absolute Gasteiger partial charge is 0.496 e. The van der Waals surface area contributed by atoms with E-state index in [1.807, 2.05) is 12.1 Å². The second kappa shape index (κ2) is 5.72. The van der Waals surface area contributed by atoms with Crippen LogP contribution in [-0.4, -0.2) is 7.11 Å².